The Hall–Kier alpha value is -2.05. The number of rotatable bonds is 6. The van der Waals surface area contributed by atoms with Crippen LogP contribution in [0.25, 0.3) is 11.0 Å². The molecule has 1 aromatic carbocycles. The zero-order valence-corrected chi connectivity index (χ0v) is 16.5. The Balaban J connectivity index is 1.87. The molecule has 1 aliphatic rings. The maximum absolute atomic E-state index is 11.3. The number of fused-ring (bicyclic) bond motifs is 1. The predicted molar refractivity (Wildman–Crippen MR) is 103 cm³/mol. The van der Waals surface area contributed by atoms with Crippen molar-refractivity contribution in [3.8, 4) is 5.75 Å². The molecule has 0 radical (unpaired) electrons. The molecule has 2 heterocycles. The molecule has 0 amide bonds. The highest BCUT2D eigenvalue weighted by atomic mass is 16.7. The molecule has 30 heavy (non-hydrogen) atoms. The fourth-order valence-electron chi connectivity index (χ4n) is 3.32. The van der Waals surface area contributed by atoms with Crippen molar-refractivity contribution in [1.82, 2.24) is 0 Å². The number of ether oxygens (including phenoxy) is 2. The van der Waals surface area contributed by atoms with Gasteiger partial charge in [-0.2, -0.15) is 0 Å². The minimum absolute atomic E-state index is 0.0284. The summed E-state index contributed by atoms with van der Waals surface area (Å²) in [7, 11) is 0. The van der Waals surface area contributed by atoms with Crippen LogP contribution in [0.4, 0.5) is 0 Å². The standard InChI is InChI=1S/C20H26O10/c1-20(2,27)14(30-19-18(26)17(25)16(24)13(8-21)29-19)6-10-5-9-3-4-15(23)28-12(9)7-11(10)22/h3-5,7,13-14,16-19,21-22,24-27H,6,8H2,1-2H3. The predicted octanol–water partition coefficient (Wildman–Crippen LogP) is -1.00. The van der Waals surface area contributed by atoms with E-state index in [-0.39, 0.29) is 17.8 Å². The first kappa shape index (κ1) is 22.6. The van der Waals surface area contributed by atoms with Crippen LogP contribution in [0.5, 0.6) is 5.75 Å². The molecule has 1 fully saturated rings. The summed E-state index contributed by atoms with van der Waals surface area (Å²) in [6.45, 7) is 2.30. The molecule has 6 atom stereocenters. The zero-order valence-electron chi connectivity index (χ0n) is 16.5. The summed E-state index contributed by atoms with van der Waals surface area (Å²) in [6.07, 6.45) is -8.46. The van der Waals surface area contributed by atoms with Gasteiger partial charge in [-0.15, -0.1) is 0 Å². The van der Waals surface area contributed by atoms with E-state index in [4.69, 9.17) is 13.9 Å². The van der Waals surface area contributed by atoms with E-state index in [1.807, 2.05) is 0 Å². The van der Waals surface area contributed by atoms with E-state index >= 15 is 0 Å². The Morgan fingerprint density at radius 2 is 1.83 bits per heavy atom. The first-order chi connectivity index (χ1) is 14.0. The molecule has 6 unspecified atom stereocenters. The van der Waals surface area contributed by atoms with Gasteiger partial charge in [-0.3, -0.25) is 0 Å². The van der Waals surface area contributed by atoms with Crippen molar-refractivity contribution in [2.45, 2.75) is 62.7 Å². The third-order valence-electron chi connectivity index (χ3n) is 5.16. The maximum Gasteiger partial charge on any atom is 0.336 e. The van der Waals surface area contributed by atoms with Gasteiger partial charge in [0, 0.05) is 23.9 Å². The largest absolute Gasteiger partial charge is 0.508 e. The van der Waals surface area contributed by atoms with Gasteiger partial charge in [0.15, 0.2) is 6.29 Å². The Labute approximate surface area is 171 Å². The van der Waals surface area contributed by atoms with E-state index in [1.54, 1.807) is 6.07 Å². The summed E-state index contributed by atoms with van der Waals surface area (Å²) in [6, 6.07) is 5.62. The number of benzene rings is 1. The van der Waals surface area contributed by atoms with Gasteiger partial charge in [-0.25, -0.2) is 4.79 Å². The van der Waals surface area contributed by atoms with Crippen LogP contribution in [-0.2, 0) is 15.9 Å². The van der Waals surface area contributed by atoms with Crippen LogP contribution < -0.4 is 5.63 Å². The number of hydrogen-bond acceptors (Lipinski definition) is 10. The lowest BCUT2D eigenvalue weighted by Gasteiger charge is -2.42. The highest BCUT2D eigenvalue weighted by Crippen LogP contribution is 2.31. The molecule has 0 saturated carbocycles. The van der Waals surface area contributed by atoms with Crippen LogP contribution in [0.15, 0.2) is 33.5 Å². The molecule has 1 aliphatic heterocycles. The van der Waals surface area contributed by atoms with Crippen molar-refractivity contribution in [1.29, 1.82) is 0 Å². The average molecular weight is 426 g/mol. The molecule has 1 aromatic heterocycles. The number of aliphatic hydroxyl groups excluding tert-OH is 4. The topological polar surface area (TPSA) is 170 Å². The van der Waals surface area contributed by atoms with E-state index in [1.165, 1.54) is 32.0 Å². The van der Waals surface area contributed by atoms with Crippen molar-refractivity contribution >= 4 is 11.0 Å². The minimum Gasteiger partial charge on any atom is -0.508 e. The summed E-state index contributed by atoms with van der Waals surface area (Å²) < 4.78 is 16.1. The molecule has 10 nitrogen and oxygen atoms in total. The van der Waals surface area contributed by atoms with E-state index in [0.717, 1.165) is 0 Å². The van der Waals surface area contributed by atoms with Crippen LogP contribution >= 0.6 is 0 Å². The molecular formula is C20H26O10. The van der Waals surface area contributed by atoms with E-state index in [0.29, 0.717) is 10.9 Å². The first-order valence-corrected chi connectivity index (χ1v) is 9.45. The highest BCUT2D eigenvalue weighted by molar-refractivity contribution is 5.79. The summed E-state index contributed by atoms with van der Waals surface area (Å²) in [5, 5.41) is 60.8. The van der Waals surface area contributed by atoms with Crippen LogP contribution in [0.3, 0.4) is 0 Å². The Morgan fingerprint density at radius 3 is 2.47 bits per heavy atom. The molecule has 0 bridgehead atoms. The van der Waals surface area contributed by atoms with Gasteiger partial charge in [0.25, 0.3) is 0 Å². The minimum atomic E-state index is -1.63. The second-order valence-electron chi connectivity index (χ2n) is 7.95. The van der Waals surface area contributed by atoms with Gasteiger partial charge in [0.05, 0.1) is 18.3 Å². The molecular weight excluding hydrogens is 400 g/mol. The van der Waals surface area contributed by atoms with Gasteiger partial charge in [-0.05, 0) is 31.5 Å². The Bertz CT molecular complexity index is 931. The summed E-state index contributed by atoms with van der Waals surface area (Å²) >= 11 is 0. The molecule has 166 valence electrons. The molecule has 1 saturated heterocycles. The third-order valence-corrected chi connectivity index (χ3v) is 5.16. The molecule has 2 aromatic rings. The van der Waals surface area contributed by atoms with Crippen molar-refractivity contribution < 1.29 is 44.5 Å². The molecule has 6 N–H and O–H groups in total. The molecule has 0 spiro atoms. The van der Waals surface area contributed by atoms with Gasteiger partial charge < -0.3 is 44.5 Å². The number of phenols is 1. The smallest absolute Gasteiger partial charge is 0.336 e. The van der Waals surface area contributed by atoms with Crippen LogP contribution in [0.2, 0.25) is 0 Å². The SMILES string of the molecule is CC(C)(O)C(Cc1cc2ccc(=O)oc2cc1O)OC1OC(CO)C(O)C(O)C1O. The maximum atomic E-state index is 11.3. The second kappa shape index (κ2) is 8.60. The molecule has 3 rings (SSSR count). The van der Waals surface area contributed by atoms with Gasteiger partial charge in [0.2, 0.25) is 0 Å². The highest BCUT2D eigenvalue weighted by Gasteiger charge is 2.46. The normalized spacial score (nSPS) is 28.6. The quantitative estimate of drug-likeness (QED) is 0.315. The van der Waals surface area contributed by atoms with Gasteiger partial charge in [-0.1, -0.05) is 0 Å². The fraction of sp³-hybridized carbons (Fsp3) is 0.550. The second-order valence-corrected chi connectivity index (χ2v) is 7.95. The number of aliphatic hydroxyl groups is 5. The van der Waals surface area contributed by atoms with Crippen molar-refractivity contribution in [3.63, 3.8) is 0 Å². The molecule has 0 aliphatic carbocycles. The lowest BCUT2D eigenvalue weighted by atomic mass is 9.93. The van der Waals surface area contributed by atoms with Crippen molar-refractivity contribution in [2.24, 2.45) is 0 Å². The van der Waals surface area contributed by atoms with Gasteiger partial charge >= 0.3 is 5.63 Å². The summed E-state index contributed by atoms with van der Waals surface area (Å²) in [4.78, 5) is 11.3. The van der Waals surface area contributed by atoms with E-state index < -0.39 is 54.6 Å². The summed E-state index contributed by atoms with van der Waals surface area (Å²) in [5.74, 6) is -0.191. The Morgan fingerprint density at radius 1 is 1.13 bits per heavy atom. The number of phenolic OH excluding ortho intramolecular Hbond substituents is 1. The zero-order chi connectivity index (χ0) is 22.2. The first-order valence-electron chi connectivity index (χ1n) is 9.45. The van der Waals surface area contributed by atoms with Crippen molar-refractivity contribution in [2.75, 3.05) is 6.61 Å². The van der Waals surface area contributed by atoms with Crippen LogP contribution in [-0.4, -0.2) is 79.7 Å². The van der Waals surface area contributed by atoms with Gasteiger partial charge in [0.1, 0.15) is 35.7 Å². The fourth-order valence-corrected chi connectivity index (χ4v) is 3.32. The monoisotopic (exact) mass is 426 g/mol. The van der Waals surface area contributed by atoms with E-state index in [2.05, 4.69) is 0 Å². The lowest BCUT2D eigenvalue weighted by molar-refractivity contribution is -0.321. The van der Waals surface area contributed by atoms with E-state index in [9.17, 15) is 35.4 Å². The Kier molecular flexibility index (Phi) is 6.48. The van der Waals surface area contributed by atoms with Crippen LogP contribution in [0.1, 0.15) is 19.4 Å². The lowest BCUT2D eigenvalue weighted by Crippen LogP contribution is -2.60. The number of hydrogen-bond donors (Lipinski definition) is 6. The third kappa shape index (κ3) is 4.65. The molecule has 10 heteroatoms. The number of aromatic hydroxyl groups is 1. The van der Waals surface area contributed by atoms with Crippen LogP contribution in [0, 0.1) is 0 Å². The average Bonchev–Trinajstić information content (AvgIpc) is 2.67. The van der Waals surface area contributed by atoms with Crippen molar-refractivity contribution in [3.05, 3.63) is 40.2 Å². The summed E-state index contributed by atoms with van der Waals surface area (Å²) in [5.41, 5.74) is -1.47.